The molecule has 0 bridgehead atoms. The van der Waals surface area contributed by atoms with Crippen molar-refractivity contribution in [3.05, 3.63) is 0 Å². The van der Waals surface area contributed by atoms with Crippen molar-refractivity contribution >= 4 is 50.5 Å². The number of thiol groups is 4. The molecule has 0 saturated heterocycles. The predicted molar refractivity (Wildman–Crippen MR) is 67.0 cm³/mol. The van der Waals surface area contributed by atoms with Crippen molar-refractivity contribution in [3.8, 4) is 0 Å². The van der Waals surface area contributed by atoms with Crippen molar-refractivity contribution in [3.63, 3.8) is 0 Å². The zero-order valence-electron chi connectivity index (χ0n) is 6.48. The first kappa shape index (κ1) is 12.4. The Morgan fingerprint density at radius 1 is 0.636 bits per heavy atom. The quantitative estimate of drug-likeness (QED) is 0.493. The molecular weight excluding hydrogens is 212 g/mol. The van der Waals surface area contributed by atoms with E-state index < -0.39 is 0 Å². The molecule has 0 fully saturated rings. The van der Waals surface area contributed by atoms with Gasteiger partial charge in [0.25, 0.3) is 0 Å². The summed E-state index contributed by atoms with van der Waals surface area (Å²) in [6.45, 7) is 0. The second kappa shape index (κ2) is 8.02. The predicted octanol–water partition coefficient (Wildman–Crippen LogP) is 2.33. The molecule has 0 unspecified atom stereocenters. The first-order valence-corrected chi connectivity index (χ1v) is 6.24. The summed E-state index contributed by atoms with van der Waals surface area (Å²) >= 11 is 17.0. The van der Waals surface area contributed by atoms with E-state index in [0.29, 0.717) is 11.8 Å². The second-order valence-corrected chi connectivity index (χ2v) is 4.16. The summed E-state index contributed by atoms with van der Waals surface area (Å²) in [6, 6.07) is 0. The van der Waals surface area contributed by atoms with Crippen molar-refractivity contribution < 1.29 is 0 Å². The second-order valence-electron chi connectivity index (χ2n) is 2.70. The van der Waals surface area contributed by atoms with E-state index in [0.717, 1.165) is 29.4 Å². The average molecular weight is 228 g/mol. The summed E-state index contributed by atoms with van der Waals surface area (Å²) in [5, 5.41) is 0. The minimum absolute atomic E-state index is 0.617. The smallest absolute Gasteiger partial charge is 0.00616 e. The van der Waals surface area contributed by atoms with Crippen LogP contribution in [-0.2, 0) is 0 Å². The van der Waals surface area contributed by atoms with Gasteiger partial charge >= 0.3 is 0 Å². The van der Waals surface area contributed by atoms with E-state index in [1.807, 2.05) is 0 Å². The first-order chi connectivity index (χ1) is 5.28. The summed E-state index contributed by atoms with van der Waals surface area (Å²) in [5.41, 5.74) is 0. The molecule has 0 aliphatic heterocycles. The lowest BCUT2D eigenvalue weighted by molar-refractivity contribution is 0.495. The molecule has 68 valence electrons. The van der Waals surface area contributed by atoms with E-state index in [-0.39, 0.29) is 0 Å². The molecule has 4 heteroatoms. The van der Waals surface area contributed by atoms with Gasteiger partial charge in [0, 0.05) is 0 Å². The molecule has 11 heavy (non-hydrogen) atoms. The Bertz CT molecular complexity index is 68.5. The fourth-order valence-electron chi connectivity index (χ4n) is 0.885. The fourth-order valence-corrected chi connectivity index (χ4v) is 2.41. The number of rotatable bonds is 6. The van der Waals surface area contributed by atoms with E-state index in [2.05, 4.69) is 50.5 Å². The van der Waals surface area contributed by atoms with E-state index in [1.165, 1.54) is 0 Å². The maximum Gasteiger partial charge on any atom is -0.00616 e. The van der Waals surface area contributed by atoms with Crippen LogP contribution in [0.2, 0.25) is 0 Å². The van der Waals surface area contributed by atoms with Crippen LogP contribution in [0.25, 0.3) is 0 Å². The van der Waals surface area contributed by atoms with E-state index in [4.69, 9.17) is 0 Å². The van der Waals surface area contributed by atoms with Crippen LogP contribution < -0.4 is 0 Å². The molecule has 0 aromatic rings. The molecule has 0 heterocycles. The number of hydrogen-bond acceptors (Lipinski definition) is 4. The highest BCUT2D eigenvalue weighted by Gasteiger charge is 2.11. The van der Waals surface area contributed by atoms with Gasteiger partial charge in [0.15, 0.2) is 0 Å². The summed E-state index contributed by atoms with van der Waals surface area (Å²) in [6.07, 6.45) is 1.15. The summed E-state index contributed by atoms with van der Waals surface area (Å²) in [5.74, 6) is 4.91. The summed E-state index contributed by atoms with van der Waals surface area (Å²) < 4.78 is 0. The fraction of sp³-hybridized carbons (Fsp3) is 1.00. The Kier molecular flexibility index (Phi) is 9.04. The summed E-state index contributed by atoms with van der Waals surface area (Å²) in [7, 11) is 0. The SMILES string of the molecule is SCC(CS)CC(CS)CS. The van der Waals surface area contributed by atoms with Crippen LogP contribution in [0.1, 0.15) is 6.42 Å². The third kappa shape index (κ3) is 5.61. The first-order valence-electron chi connectivity index (χ1n) is 3.71. The lowest BCUT2D eigenvalue weighted by atomic mass is 10.0. The van der Waals surface area contributed by atoms with Gasteiger partial charge in [-0.3, -0.25) is 0 Å². The molecule has 0 aliphatic rings. The van der Waals surface area contributed by atoms with Crippen LogP contribution in [0, 0.1) is 11.8 Å². The largest absolute Gasteiger partial charge is 0.179 e. The van der Waals surface area contributed by atoms with Gasteiger partial charge < -0.3 is 0 Å². The lowest BCUT2D eigenvalue weighted by Crippen LogP contribution is -2.14. The van der Waals surface area contributed by atoms with Gasteiger partial charge in [-0.15, -0.1) is 0 Å². The Morgan fingerprint density at radius 3 is 1.09 bits per heavy atom. The van der Waals surface area contributed by atoms with Crippen molar-refractivity contribution in [2.45, 2.75) is 6.42 Å². The molecule has 0 atom stereocenters. The van der Waals surface area contributed by atoms with Gasteiger partial charge in [0.1, 0.15) is 0 Å². The Balaban J connectivity index is 3.58. The minimum Gasteiger partial charge on any atom is -0.179 e. The molecule has 0 spiro atoms. The Hall–Kier alpha value is 1.40. The molecule has 0 N–H and O–H groups in total. The van der Waals surface area contributed by atoms with Crippen molar-refractivity contribution in [2.24, 2.45) is 11.8 Å². The average Bonchev–Trinajstić information content (AvgIpc) is 2.07. The van der Waals surface area contributed by atoms with Crippen LogP contribution >= 0.6 is 50.5 Å². The zero-order chi connectivity index (χ0) is 8.69. The third-order valence-electron chi connectivity index (χ3n) is 1.70. The molecule has 0 aliphatic carbocycles. The molecular formula is C7H16S4. The number of hydrogen-bond donors (Lipinski definition) is 4. The molecule has 0 aromatic carbocycles. The monoisotopic (exact) mass is 228 g/mol. The van der Waals surface area contributed by atoms with E-state index in [9.17, 15) is 0 Å². The van der Waals surface area contributed by atoms with Gasteiger partial charge in [-0.05, 0) is 41.3 Å². The normalized spacial score (nSPS) is 11.5. The van der Waals surface area contributed by atoms with Gasteiger partial charge in [-0.25, -0.2) is 0 Å². The molecule has 0 rings (SSSR count). The van der Waals surface area contributed by atoms with Crippen LogP contribution in [-0.4, -0.2) is 23.0 Å². The molecule has 0 nitrogen and oxygen atoms in total. The van der Waals surface area contributed by atoms with Crippen LogP contribution in [0.3, 0.4) is 0 Å². The van der Waals surface area contributed by atoms with Crippen molar-refractivity contribution in [1.82, 2.24) is 0 Å². The maximum atomic E-state index is 4.25. The van der Waals surface area contributed by atoms with Crippen LogP contribution in [0.4, 0.5) is 0 Å². The van der Waals surface area contributed by atoms with Crippen molar-refractivity contribution in [1.29, 1.82) is 0 Å². The highest BCUT2D eigenvalue weighted by atomic mass is 32.1. The summed E-state index contributed by atoms with van der Waals surface area (Å²) in [4.78, 5) is 0. The minimum atomic E-state index is 0.617. The molecule has 0 aromatic heterocycles. The van der Waals surface area contributed by atoms with Gasteiger partial charge in [0.2, 0.25) is 0 Å². The molecule has 0 amide bonds. The van der Waals surface area contributed by atoms with E-state index in [1.54, 1.807) is 0 Å². The Labute approximate surface area is 91.5 Å². The van der Waals surface area contributed by atoms with E-state index >= 15 is 0 Å². The lowest BCUT2D eigenvalue weighted by Gasteiger charge is -2.17. The van der Waals surface area contributed by atoms with Gasteiger partial charge in [-0.1, -0.05) is 0 Å². The highest BCUT2D eigenvalue weighted by molar-refractivity contribution is 7.81. The molecule has 0 radical (unpaired) electrons. The third-order valence-corrected chi connectivity index (χ3v) is 3.77. The maximum absolute atomic E-state index is 4.25. The Morgan fingerprint density at radius 2 is 0.909 bits per heavy atom. The highest BCUT2D eigenvalue weighted by Crippen LogP contribution is 2.17. The van der Waals surface area contributed by atoms with Gasteiger partial charge in [-0.2, -0.15) is 50.5 Å². The topological polar surface area (TPSA) is 0 Å². The van der Waals surface area contributed by atoms with Gasteiger partial charge in [0.05, 0.1) is 0 Å². The molecule has 0 saturated carbocycles. The van der Waals surface area contributed by atoms with Crippen molar-refractivity contribution in [2.75, 3.05) is 23.0 Å². The van der Waals surface area contributed by atoms with Crippen LogP contribution in [0.15, 0.2) is 0 Å². The van der Waals surface area contributed by atoms with Crippen LogP contribution in [0.5, 0.6) is 0 Å². The zero-order valence-corrected chi connectivity index (χ0v) is 10.1. The standard InChI is InChI=1S/C7H16S4/c8-2-6(3-9)1-7(4-10)5-11/h6-11H,1-5H2.